The third-order valence-electron chi connectivity index (χ3n) is 2.56. The predicted octanol–water partition coefficient (Wildman–Crippen LogP) is 1.53. The van der Waals surface area contributed by atoms with Crippen molar-refractivity contribution >= 4 is 22.2 Å². The smallest absolute Gasteiger partial charge is 0.340 e. The molecule has 0 bridgehead atoms. The van der Waals surface area contributed by atoms with Crippen molar-refractivity contribution < 1.29 is 21.9 Å². The Labute approximate surface area is 104 Å². The maximum absolute atomic E-state index is 11.5. The van der Waals surface area contributed by atoms with Gasteiger partial charge in [-0.2, -0.15) is 13.4 Å². The molecule has 1 aliphatic heterocycles. The highest BCUT2D eigenvalue weighted by atomic mass is 32.3. The van der Waals surface area contributed by atoms with E-state index in [-0.39, 0.29) is 22.9 Å². The Bertz CT molecular complexity index is 645. The highest BCUT2D eigenvalue weighted by Crippen LogP contribution is 2.25. The van der Waals surface area contributed by atoms with Crippen molar-refractivity contribution in [3.63, 3.8) is 0 Å². The monoisotopic (exact) mass is 269 g/mol. The lowest BCUT2D eigenvalue weighted by Crippen LogP contribution is -2.12. The van der Waals surface area contributed by atoms with Crippen molar-refractivity contribution in [2.75, 3.05) is 0 Å². The fourth-order valence-corrected chi connectivity index (χ4v) is 1.99. The molecule has 1 N–H and O–H groups in total. The van der Waals surface area contributed by atoms with Gasteiger partial charge in [0.25, 0.3) is 5.91 Å². The van der Waals surface area contributed by atoms with Crippen LogP contribution < -0.4 is 0 Å². The van der Waals surface area contributed by atoms with Gasteiger partial charge in [-0.25, -0.2) is 0 Å². The molecule has 1 aromatic carbocycles. The van der Waals surface area contributed by atoms with E-state index in [0.29, 0.717) is 0 Å². The highest BCUT2D eigenvalue weighted by Gasteiger charge is 2.28. The van der Waals surface area contributed by atoms with Gasteiger partial charge in [0.05, 0.1) is 11.1 Å². The number of amides is 1. The number of fused-ring (bicyclic) bond motifs is 1. The number of aliphatic imine (C=N–C) groups is 1. The molecule has 2 rings (SSSR count). The summed E-state index contributed by atoms with van der Waals surface area (Å²) in [4.78, 5) is 15.0. The van der Waals surface area contributed by atoms with Crippen molar-refractivity contribution in [2.45, 2.75) is 19.8 Å². The summed E-state index contributed by atoms with van der Waals surface area (Å²) in [6, 6.07) is 4.97. The first-order valence-corrected chi connectivity index (χ1v) is 6.58. The predicted molar refractivity (Wildman–Crippen MR) is 64.0 cm³/mol. The number of benzene rings is 1. The average molecular weight is 269 g/mol. The molecule has 7 heteroatoms. The quantitative estimate of drug-likeness (QED) is 0.822. The maximum atomic E-state index is 11.5. The SMILES string of the molecule is CC(C)c1ccc2c(c1)C(OS(=O)(=O)O)=NC2=O. The summed E-state index contributed by atoms with van der Waals surface area (Å²) in [6.45, 7) is 3.91. The molecular weight excluding hydrogens is 258 g/mol. The van der Waals surface area contributed by atoms with Gasteiger partial charge in [-0.15, -0.1) is 0 Å². The summed E-state index contributed by atoms with van der Waals surface area (Å²) in [7, 11) is -4.69. The van der Waals surface area contributed by atoms with Gasteiger partial charge in [-0.3, -0.25) is 9.35 Å². The van der Waals surface area contributed by atoms with Crippen LogP contribution in [0, 0.1) is 0 Å². The zero-order chi connectivity index (χ0) is 13.5. The molecule has 18 heavy (non-hydrogen) atoms. The first kappa shape index (κ1) is 12.7. The van der Waals surface area contributed by atoms with Crippen LogP contribution >= 0.6 is 0 Å². The van der Waals surface area contributed by atoms with E-state index in [1.807, 2.05) is 13.8 Å². The molecule has 1 heterocycles. The van der Waals surface area contributed by atoms with E-state index in [0.717, 1.165) is 5.56 Å². The number of hydrogen-bond acceptors (Lipinski definition) is 4. The fourth-order valence-electron chi connectivity index (χ4n) is 1.66. The Balaban J connectivity index is 2.49. The fraction of sp³-hybridized carbons (Fsp3) is 0.273. The summed E-state index contributed by atoms with van der Waals surface area (Å²) >= 11 is 0. The van der Waals surface area contributed by atoms with Crippen LogP contribution in [-0.2, 0) is 14.6 Å². The Morgan fingerprint density at radius 3 is 2.50 bits per heavy atom. The summed E-state index contributed by atoms with van der Waals surface area (Å²) in [6.07, 6.45) is 0. The van der Waals surface area contributed by atoms with Gasteiger partial charge in [-0.05, 0) is 23.6 Å². The van der Waals surface area contributed by atoms with Gasteiger partial charge in [0, 0.05) is 0 Å². The Morgan fingerprint density at radius 2 is 1.94 bits per heavy atom. The van der Waals surface area contributed by atoms with Crippen molar-refractivity contribution in [1.82, 2.24) is 0 Å². The molecule has 0 aliphatic carbocycles. The second-order valence-electron chi connectivity index (χ2n) is 4.19. The van der Waals surface area contributed by atoms with Crippen LogP contribution in [0.1, 0.15) is 41.3 Å². The lowest BCUT2D eigenvalue weighted by Gasteiger charge is -2.08. The van der Waals surface area contributed by atoms with Crippen molar-refractivity contribution in [3.8, 4) is 0 Å². The van der Waals surface area contributed by atoms with E-state index in [9.17, 15) is 13.2 Å². The van der Waals surface area contributed by atoms with Crippen LogP contribution in [0.5, 0.6) is 0 Å². The van der Waals surface area contributed by atoms with Crippen LogP contribution in [0.2, 0.25) is 0 Å². The van der Waals surface area contributed by atoms with E-state index in [1.165, 1.54) is 0 Å². The lowest BCUT2D eigenvalue weighted by atomic mass is 9.98. The normalized spacial score (nSPS) is 14.7. The summed E-state index contributed by atoms with van der Waals surface area (Å²) in [5.41, 5.74) is 1.46. The third kappa shape index (κ3) is 2.41. The average Bonchev–Trinajstić information content (AvgIpc) is 2.53. The lowest BCUT2D eigenvalue weighted by molar-refractivity contribution is 0.101. The Morgan fingerprint density at radius 1 is 1.28 bits per heavy atom. The molecule has 0 fully saturated rings. The molecular formula is C11H11NO5S. The maximum Gasteiger partial charge on any atom is 0.448 e. The van der Waals surface area contributed by atoms with E-state index in [2.05, 4.69) is 9.18 Å². The molecule has 0 unspecified atom stereocenters. The van der Waals surface area contributed by atoms with Crippen LogP contribution in [0.25, 0.3) is 0 Å². The first-order chi connectivity index (χ1) is 8.28. The van der Waals surface area contributed by atoms with Gasteiger partial charge in [0.2, 0.25) is 5.90 Å². The summed E-state index contributed by atoms with van der Waals surface area (Å²) < 4.78 is 34.2. The molecule has 1 amide bonds. The van der Waals surface area contributed by atoms with Gasteiger partial charge < -0.3 is 4.18 Å². The Hall–Kier alpha value is -1.73. The molecule has 1 aliphatic rings. The topological polar surface area (TPSA) is 93.0 Å². The van der Waals surface area contributed by atoms with Crippen molar-refractivity contribution in [1.29, 1.82) is 0 Å². The third-order valence-corrected chi connectivity index (χ3v) is 2.93. The minimum Gasteiger partial charge on any atom is -0.340 e. The zero-order valence-corrected chi connectivity index (χ0v) is 10.6. The molecule has 0 saturated heterocycles. The largest absolute Gasteiger partial charge is 0.448 e. The van der Waals surface area contributed by atoms with Crippen LogP contribution in [0.15, 0.2) is 23.2 Å². The van der Waals surface area contributed by atoms with E-state index in [1.54, 1.807) is 18.2 Å². The van der Waals surface area contributed by atoms with E-state index in [4.69, 9.17) is 4.55 Å². The van der Waals surface area contributed by atoms with Crippen LogP contribution in [0.3, 0.4) is 0 Å². The van der Waals surface area contributed by atoms with Gasteiger partial charge in [0.15, 0.2) is 0 Å². The number of carbonyl (C=O) groups excluding carboxylic acids is 1. The second kappa shape index (κ2) is 4.18. The van der Waals surface area contributed by atoms with E-state index < -0.39 is 16.3 Å². The highest BCUT2D eigenvalue weighted by molar-refractivity contribution is 7.81. The van der Waals surface area contributed by atoms with Crippen LogP contribution in [0.4, 0.5) is 0 Å². The number of hydrogen-bond donors (Lipinski definition) is 1. The minimum atomic E-state index is -4.69. The second-order valence-corrected chi connectivity index (χ2v) is 5.22. The molecule has 96 valence electrons. The number of carbonyl (C=O) groups is 1. The molecule has 0 radical (unpaired) electrons. The van der Waals surface area contributed by atoms with Crippen molar-refractivity contribution in [3.05, 3.63) is 34.9 Å². The molecule has 0 spiro atoms. The van der Waals surface area contributed by atoms with Gasteiger partial charge in [-0.1, -0.05) is 19.9 Å². The van der Waals surface area contributed by atoms with Gasteiger partial charge in [0.1, 0.15) is 0 Å². The summed E-state index contributed by atoms with van der Waals surface area (Å²) in [5.74, 6) is -0.767. The number of rotatable bonds is 2. The first-order valence-electron chi connectivity index (χ1n) is 5.22. The zero-order valence-electron chi connectivity index (χ0n) is 9.75. The van der Waals surface area contributed by atoms with Crippen LogP contribution in [-0.4, -0.2) is 24.8 Å². The van der Waals surface area contributed by atoms with E-state index >= 15 is 0 Å². The molecule has 1 aromatic rings. The van der Waals surface area contributed by atoms with Crippen molar-refractivity contribution in [2.24, 2.45) is 4.99 Å². The molecule has 6 nitrogen and oxygen atoms in total. The van der Waals surface area contributed by atoms with Gasteiger partial charge >= 0.3 is 10.4 Å². The molecule has 0 aromatic heterocycles. The number of nitrogens with zero attached hydrogens (tertiary/aromatic N) is 1. The summed E-state index contributed by atoms with van der Waals surface area (Å²) in [5, 5.41) is 0. The standard InChI is InChI=1S/C11H11NO5S/c1-6(2)7-3-4-8-9(5-7)11(12-10(8)13)17-18(14,15)16/h3-6H,1-2H3,(H,14,15,16). The minimum absolute atomic E-state index is 0.206. The molecule has 0 saturated carbocycles. The molecule has 0 atom stereocenters. The Kier molecular flexibility index (Phi) is 2.95.